The maximum Gasteiger partial charge on any atom is 0.261 e. The molecule has 0 fully saturated rings. The summed E-state index contributed by atoms with van der Waals surface area (Å²) < 4.78 is 15.2. The third-order valence-corrected chi connectivity index (χ3v) is 5.55. The summed E-state index contributed by atoms with van der Waals surface area (Å²) in [4.78, 5) is 13.0. The van der Waals surface area contributed by atoms with Crippen LogP contribution in [0.25, 0.3) is 11.3 Å². The van der Waals surface area contributed by atoms with Gasteiger partial charge < -0.3 is 11.1 Å². The van der Waals surface area contributed by atoms with E-state index in [1.165, 1.54) is 16.8 Å². The highest BCUT2D eigenvalue weighted by molar-refractivity contribution is 7.18. The number of aromatic nitrogens is 3. The Morgan fingerprint density at radius 3 is 2.81 bits per heavy atom. The number of amides is 1. The monoisotopic (exact) mass is 427 g/mol. The number of hydrogen-bond acceptors (Lipinski definition) is 5. The van der Waals surface area contributed by atoms with Crippen LogP contribution < -0.4 is 11.1 Å². The predicted octanol–water partition coefficient (Wildman–Crippen LogP) is 3.29. The van der Waals surface area contributed by atoms with Crippen LogP contribution in [0.1, 0.15) is 15.2 Å². The number of carbonyl (C=O) groups is 1. The van der Waals surface area contributed by atoms with Gasteiger partial charge in [-0.1, -0.05) is 40.5 Å². The van der Waals surface area contributed by atoms with Gasteiger partial charge in [-0.2, -0.15) is 0 Å². The van der Waals surface area contributed by atoms with E-state index in [9.17, 15) is 9.18 Å². The van der Waals surface area contributed by atoms with Gasteiger partial charge in [-0.3, -0.25) is 4.79 Å². The molecule has 6 nitrogen and oxygen atoms in total. The first-order valence-corrected chi connectivity index (χ1v) is 9.56. The Labute approximate surface area is 169 Å². The maximum atomic E-state index is 13.3. The highest BCUT2D eigenvalue weighted by Gasteiger charge is 2.21. The van der Waals surface area contributed by atoms with Gasteiger partial charge in [0, 0.05) is 25.2 Å². The molecular weight excluding hydrogens is 412 g/mol. The van der Waals surface area contributed by atoms with E-state index in [-0.39, 0.29) is 29.5 Å². The van der Waals surface area contributed by atoms with Gasteiger partial charge in [-0.05, 0) is 30.2 Å². The third kappa shape index (κ3) is 4.47. The lowest BCUT2D eigenvalue weighted by Crippen LogP contribution is -2.41. The average Bonchev–Trinajstić information content (AvgIpc) is 3.16. The third-order valence-electron chi connectivity index (χ3n) is 3.94. The zero-order valence-electron chi connectivity index (χ0n) is 14.2. The molecule has 1 atom stereocenters. The van der Waals surface area contributed by atoms with E-state index >= 15 is 0 Å². The molecule has 0 aliphatic rings. The van der Waals surface area contributed by atoms with Crippen molar-refractivity contribution in [2.45, 2.75) is 12.5 Å². The second-order valence-electron chi connectivity index (χ2n) is 5.89. The maximum absolute atomic E-state index is 13.3. The number of nitrogens with zero attached hydrogens (tertiary/aromatic N) is 3. The molecule has 0 saturated heterocycles. The Bertz CT molecular complexity index is 955. The number of hydrogen-bond donors (Lipinski definition) is 2. The molecule has 3 aromatic rings. The molecule has 142 valence electrons. The van der Waals surface area contributed by atoms with Crippen molar-refractivity contribution in [3.8, 4) is 11.3 Å². The Morgan fingerprint density at radius 1 is 1.41 bits per heavy atom. The molecule has 0 saturated carbocycles. The van der Waals surface area contributed by atoms with E-state index < -0.39 is 0 Å². The molecule has 2 aromatic heterocycles. The van der Waals surface area contributed by atoms with Crippen molar-refractivity contribution in [3.63, 3.8) is 0 Å². The molecule has 0 aliphatic heterocycles. The van der Waals surface area contributed by atoms with Crippen molar-refractivity contribution < 1.29 is 9.18 Å². The molecule has 10 heteroatoms. The van der Waals surface area contributed by atoms with Crippen molar-refractivity contribution in [2.24, 2.45) is 12.8 Å². The first kappa shape index (κ1) is 19.8. The first-order valence-electron chi connectivity index (χ1n) is 7.99. The Hall–Kier alpha value is -2.00. The van der Waals surface area contributed by atoms with Crippen molar-refractivity contribution in [2.75, 3.05) is 6.54 Å². The Balaban J connectivity index is 1.76. The number of nitrogens with one attached hydrogen (secondary N) is 1. The van der Waals surface area contributed by atoms with Crippen LogP contribution >= 0.6 is 34.5 Å². The lowest BCUT2D eigenvalue weighted by Gasteiger charge is -2.16. The molecule has 0 radical (unpaired) electrons. The minimum atomic E-state index is -0.342. The zero-order chi connectivity index (χ0) is 19.6. The van der Waals surface area contributed by atoms with Crippen LogP contribution in [0, 0.1) is 5.82 Å². The predicted molar refractivity (Wildman–Crippen MR) is 105 cm³/mol. The van der Waals surface area contributed by atoms with Crippen molar-refractivity contribution in [1.82, 2.24) is 20.3 Å². The van der Waals surface area contributed by atoms with Crippen LogP contribution in [-0.2, 0) is 13.5 Å². The standard InChI is InChI=1S/C17H16Cl2FN5OS/c1-25-14(15(18)23-24-25)12-7-13(27-16(12)19)17(26)22-11(8-21)6-9-3-2-4-10(20)5-9/h2-5,7,11H,6,8,21H2,1H3,(H,22,26). The molecule has 0 aliphatic carbocycles. The van der Waals surface area contributed by atoms with E-state index in [1.807, 2.05) is 0 Å². The van der Waals surface area contributed by atoms with E-state index in [1.54, 1.807) is 25.2 Å². The second kappa shape index (κ2) is 8.35. The quantitative estimate of drug-likeness (QED) is 0.631. The number of nitrogens with two attached hydrogens (primary N) is 1. The Morgan fingerprint density at radius 2 is 2.19 bits per heavy atom. The molecule has 0 spiro atoms. The topological polar surface area (TPSA) is 85.8 Å². The smallest absolute Gasteiger partial charge is 0.261 e. The summed E-state index contributed by atoms with van der Waals surface area (Å²) in [5, 5.41) is 10.7. The molecule has 1 amide bonds. The van der Waals surface area contributed by atoms with Crippen molar-refractivity contribution >= 4 is 40.4 Å². The van der Waals surface area contributed by atoms with Gasteiger partial charge in [-0.15, -0.1) is 16.4 Å². The number of thiophene rings is 1. The van der Waals surface area contributed by atoms with Gasteiger partial charge in [0.15, 0.2) is 5.15 Å². The number of benzene rings is 1. The normalized spacial score (nSPS) is 12.2. The molecule has 1 aromatic carbocycles. The number of halogens is 3. The van der Waals surface area contributed by atoms with Crippen LogP contribution in [0.4, 0.5) is 4.39 Å². The largest absolute Gasteiger partial charge is 0.347 e. The summed E-state index contributed by atoms with van der Waals surface area (Å²) in [5.41, 5.74) is 7.64. The molecule has 1 unspecified atom stereocenters. The van der Waals surface area contributed by atoms with E-state index in [4.69, 9.17) is 28.9 Å². The van der Waals surface area contributed by atoms with Crippen molar-refractivity contribution in [1.29, 1.82) is 0 Å². The van der Waals surface area contributed by atoms with Gasteiger partial charge in [0.2, 0.25) is 0 Å². The minimum absolute atomic E-state index is 0.204. The van der Waals surface area contributed by atoms with Gasteiger partial charge in [0.1, 0.15) is 15.8 Å². The summed E-state index contributed by atoms with van der Waals surface area (Å²) >= 11 is 13.5. The lowest BCUT2D eigenvalue weighted by molar-refractivity contribution is 0.0942. The molecular formula is C17H16Cl2FN5OS. The van der Waals surface area contributed by atoms with E-state index in [0.717, 1.165) is 16.9 Å². The van der Waals surface area contributed by atoms with Gasteiger partial charge in [-0.25, -0.2) is 9.07 Å². The van der Waals surface area contributed by atoms with Crippen LogP contribution in [0.2, 0.25) is 9.49 Å². The fourth-order valence-corrected chi connectivity index (χ4v) is 4.10. The van der Waals surface area contributed by atoms with Gasteiger partial charge in [0.05, 0.1) is 4.88 Å². The fraction of sp³-hybridized carbons (Fsp3) is 0.235. The highest BCUT2D eigenvalue weighted by Crippen LogP contribution is 2.37. The SMILES string of the molecule is Cn1nnc(Cl)c1-c1cc(C(=O)NC(CN)Cc2cccc(F)c2)sc1Cl. The lowest BCUT2D eigenvalue weighted by atomic mass is 10.1. The first-order chi connectivity index (χ1) is 12.9. The molecule has 3 N–H and O–H groups in total. The molecule has 2 heterocycles. The number of carbonyl (C=O) groups excluding carboxylic acids is 1. The van der Waals surface area contributed by atoms with E-state index in [2.05, 4.69) is 15.6 Å². The van der Waals surface area contributed by atoms with E-state index in [0.29, 0.717) is 26.9 Å². The van der Waals surface area contributed by atoms with Crippen LogP contribution in [0.5, 0.6) is 0 Å². The highest BCUT2D eigenvalue weighted by atomic mass is 35.5. The molecule has 27 heavy (non-hydrogen) atoms. The van der Waals surface area contributed by atoms with Crippen molar-refractivity contribution in [3.05, 3.63) is 56.1 Å². The summed E-state index contributed by atoms with van der Waals surface area (Å²) in [5.74, 6) is -0.641. The zero-order valence-corrected chi connectivity index (χ0v) is 16.6. The fourth-order valence-electron chi connectivity index (χ4n) is 2.66. The summed E-state index contributed by atoms with van der Waals surface area (Å²) in [7, 11) is 1.69. The molecule has 0 bridgehead atoms. The number of rotatable bonds is 6. The van der Waals surface area contributed by atoms with Gasteiger partial charge in [0.25, 0.3) is 5.91 Å². The van der Waals surface area contributed by atoms with Crippen LogP contribution in [-0.4, -0.2) is 33.5 Å². The average molecular weight is 428 g/mol. The summed E-state index contributed by atoms with van der Waals surface area (Å²) in [6.45, 7) is 0.214. The van der Waals surface area contributed by atoms with Gasteiger partial charge >= 0.3 is 0 Å². The minimum Gasteiger partial charge on any atom is -0.347 e. The number of aryl methyl sites for hydroxylation is 1. The summed E-state index contributed by atoms with van der Waals surface area (Å²) in [6, 6.07) is 7.50. The summed E-state index contributed by atoms with van der Waals surface area (Å²) in [6.07, 6.45) is 0.420. The second-order valence-corrected chi connectivity index (χ2v) is 7.90. The molecule has 3 rings (SSSR count). The Kier molecular flexibility index (Phi) is 6.11. The van der Waals surface area contributed by atoms with Crippen LogP contribution in [0.15, 0.2) is 30.3 Å². The van der Waals surface area contributed by atoms with Crippen LogP contribution in [0.3, 0.4) is 0 Å².